The second-order valence-electron chi connectivity index (χ2n) is 7.08. The molecule has 0 aliphatic heterocycles. The molecule has 3 unspecified atom stereocenters. The Kier molecular flexibility index (Phi) is 10.9. The van der Waals surface area contributed by atoms with Crippen LogP contribution in [0.1, 0.15) is 92.9 Å². The molecule has 0 fully saturated rings. The molecule has 0 saturated carbocycles. The lowest BCUT2D eigenvalue weighted by molar-refractivity contribution is 0.333. The van der Waals surface area contributed by atoms with E-state index in [1.54, 1.807) is 0 Å². The molecule has 0 radical (unpaired) electrons. The van der Waals surface area contributed by atoms with Crippen LogP contribution in [0.4, 0.5) is 0 Å². The molecule has 0 aliphatic carbocycles. The predicted molar refractivity (Wildman–Crippen MR) is 84.9 cm³/mol. The van der Waals surface area contributed by atoms with Crippen LogP contribution in [0.25, 0.3) is 0 Å². The van der Waals surface area contributed by atoms with Gasteiger partial charge in [0.2, 0.25) is 0 Å². The van der Waals surface area contributed by atoms with E-state index in [0.717, 1.165) is 23.7 Å². The summed E-state index contributed by atoms with van der Waals surface area (Å²) in [5.74, 6) is 3.64. The molecule has 0 nitrogen and oxygen atoms in total. The summed E-state index contributed by atoms with van der Waals surface area (Å²) in [6, 6.07) is 0. The molecule has 0 N–H and O–H groups in total. The Morgan fingerprint density at radius 1 is 0.611 bits per heavy atom. The maximum Gasteiger partial charge on any atom is -0.0420 e. The topological polar surface area (TPSA) is 0 Å². The lowest BCUT2D eigenvalue weighted by Gasteiger charge is -2.19. The number of hydrogen-bond donors (Lipinski definition) is 0. The van der Waals surface area contributed by atoms with E-state index in [9.17, 15) is 0 Å². The van der Waals surface area contributed by atoms with Crippen molar-refractivity contribution in [1.82, 2.24) is 0 Å². The molecule has 0 saturated heterocycles. The van der Waals surface area contributed by atoms with Crippen molar-refractivity contribution in [2.24, 2.45) is 23.7 Å². The first kappa shape index (κ1) is 18.0. The van der Waals surface area contributed by atoms with Crippen LogP contribution in [0, 0.1) is 23.7 Å². The minimum Gasteiger partial charge on any atom is -0.0654 e. The summed E-state index contributed by atoms with van der Waals surface area (Å²) in [7, 11) is 0. The Morgan fingerprint density at radius 2 is 1.11 bits per heavy atom. The van der Waals surface area contributed by atoms with Crippen LogP contribution in [0.15, 0.2) is 0 Å². The molecule has 110 valence electrons. The Hall–Kier alpha value is 0. The highest BCUT2D eigenvalue weighted by Gasteiger charge is 2.10. The third kappa shape index (κ3) is 9.97. The van der Waals surface area contributed by atoms with Gasteiger partial charge in [0.05, 0.1) is 0 Å². The van der Waals surface area contributed by atoms with Gasteiger partial charge in [0.1, 0.15) is 0 Å². The summed E-state index contributed by atoms with van der Waals surface area (Å²) >= 11 is 0. The lowest BCUT2D eigenvalue weighted by Crippen LogP contribution is -2.06. The fourth-order valence-corrected chi connectivity index (χ4v) is 2.54. The van der Waals surface area contributed by atoms with Gasteiger partial charge in [-0.1, -0.05) is 92.9 Å². The largest absolute Gasteiger partial charge is 0.0654 e. The first-order valence-corrected chi connectivity index (χ1v) is 8.47. The zero-order valence-electron chi connectivity index (χ0n) is 14.0. The summed E-state index contributed by atoms with van der Waals surface area (Å²) in [4.78, 5) is 0. The van der Waals surface area contributed by atoms with E-state index in [1.807, 2.05) is 0 Å². The summed E-state index contributed by atoms with van der Waals surface area (Å²) in [5, 5.41) is 0. The number of unbranched alkanes of at least 4 members (excludes halogenated alkanes) is 1. The molecule has 0 aromatic heterocycles. The minimum atomic E-state index is 0.853. The first-order valence-electron chi connectivity index (χ1n) is 8.47. The molecular formula is C18H38. The molecule has 0 aromatic carbocycles. The highest BCUT2D eigenvalue weighted by Crippen LogP contribution is 2.23. The second-order valence-corrected chi connectivity index (χ2v) is 7.08. The van der Waals surface area contributed by atoms with E-state index < -0.39 is 0 Å². The van der Waals surface area contributed by atoms with Crippen LogP contribution in [0.5, 0.6) is 0 Å². The van der Waals surface area contributed by atoms with Gasteiger partial charge in [-0.2, -0.15) is 0 Å². The molecule has 0 aliphatic rings. The van der Waals surface area contributed by atoms with E-state index in [2.05, 4.69) is 41.5 Å². The molecule has 18 heavy (non-hydrogen) atoms. The molecule has 0 heterocycles. The van der Waals surface area contributed by atoms with Gasteiger partial charge in [0.25, 0.3) is 0 Å². The zero-order valence-corrected chi connectivity index (χ0v) is 14.0. The highest BCUT2D eigenvalue weighted by molar-refractivity contribution is 4.62. The van der Waals surface area contributed by atoms with E-state index in [4.69, 9.17) is 0 Å². The predicted octanol–water partition coefficient (Wildman–Crippen LogP) is 6.69. The van der Waals surface area contributed by atoms with E-state index in [0.29, 0.717) is 0 Å². The Balaban J connectivity index is 3.49. The van der Waals surface area contributed by atoms with Crippen LogP contribution in [0.3, 0.4) is 0 Å². The monoisotopic (exact) mass is 254 g/mol. The normalized spacial score (nSPS) is 16.8. The fraction of sp³-hybridized carbons (Fsp3) is 1.00. The summed E-state index contributed by atoms with van der Waals surface area (Å²) in [5.41, 5.74) is 0. The van der Waals surface area contributed by atoms with Crippen LogP contribution in [-0.4, -0.2) is 0 Å². The third-order valence-corrected chi connectivity index (χ3v) is 4.70. The maximum atomic E-state index is 2.45. The van der Waals surface area contributed by atoms with Crippen LogP contribution < -0.4 is 0 Å². The SMILES string of the molecule is CCCCC(C)CCCC(C)CCC(C)C(C)C. The van der Waals surface area contributed by atoms with Gasteiger partial charge < -0.3 is 0 Å². The van der Waals surface area contributed by atoms with E-state index >= 15 is 0 Å². The van der Waals surface area contributed by atoms with Gasteiger partial charge in [-0.25, -0.2) is 0 Å². The average molecular weight is 255 g/mol. The van der Waals surface area contributed by atoms with Crippen molar-refractivity contribution in [3.63, 3.8) is 0 Å². The average Bonchev–Trinajstić information content (AvgIpc) is 2.33. The van der Waals surface area contributed by atoms with Crippen LogP contribution >= 0.6 is 0 Å². The number of rotatable bonds is 11. The highest BCUT2D eigenvalue weighted by atomic mass is 14.2. The van der Waals surface area contributed by atoms with Crippen molar-refractivity contribution in [1.29, 1.82) is 0 Å². The smallest absolute Gasteiger partial charge is 0.0420 e. The second kappa shape index (κ2) is 10.9. The van der Waals surface area contributed by atoms with Crippen molar-refractivity contribution in [2.75, 3.05) is 0 Å². The standard InChI is InChI=1S/C18H38/c1-7-8-10-16(4)11-9-12-17(5)13-14-18(6)15(2)3/h15-18H,7-14H2,1-6H3. The molecule has 0 rings (SSSR count). The van der Waals surface area contributed by atoms with Crippen LogP contribution in [0.2, 0.25) is 0 Å². The van der Waals surface area contributed by atoms with E-state index in [-0.39, 0.29) is 0 Å². The zero-order chi connectivity index (χ0) is 14.0. The molecule has 3 atom stereocenters. The quantitative estimate of drug-likeness (QED) is 0.385. The van der Waals surface area contributed by atoms with Gasteiger partial charge in [-0.05, 0) is 23.7 Å². The van der Waals surface area contributed by atoms with Gasteiger partial charge in [0.15, 0.2) is 0 Å². The summed E-state index contributed by atoms with van der Waals surface area (Å²) < 4.78 is 0. The lowest BCUT2D eigenvalue weighted by atomic mass is 9.87. The van der Waals surface area contributed by atoms with Crippen LogP contribution in [-0.2, 0) is 0 Å². The van der Waals surface area contributed by atoms with Crippen molar-refractivity contribution in [2.45, 2.75) is 92.9 Å². The molecule has 0 spiro atoms. The Morgan fingerprint density at radius 3 is 1.61 bits per heavy atom. The van der Waals surface area contributed by atoms with Crippen molar-refractivity contribution < 1.29 is 0 Å². The Labute approximate surface area is 117 Å². The van der Waals surface area contributed by atoms with Gasteiger partial charge in [0, 0.05) is 0 Å². The molecule has 0 bridgehead atoms. The summed E-state index contributed by atoms with van der Waals surface area (Å²) in [6.07, 6.45) is 11.4. The van der Waals surface area contributed by atoms with Crippen molar-refractivity contribution in [3.05, 3.63) is 0 Å². The maximum absolute atomic E-state index is 2.45. The minimum absolute atomic E-state index is 0.853. The molecule has 0 amide bonds. The van der Waals surface area contributed by atoms with Crippen molar-refractivity contribution >= 4 is 0 Å². The first-order chi connectivity index (χ1) is 8.47. The van der Waals surface area contributed by atoms with Gasteiger partial charge in [-0.15, -0.1) is 0 Å². The van der Waals surface area contributed by atoms with Crippen molar-refractivity contribution in [3.8, 4) is 0 Å². The third-order valence-electron chi connectivity index (χ3n) is 4.70. The molecule has 0 aromatic rings. The van der Waals surface area contributed by atoms with Gasteiger partial charge in [-0.3, -0.25) is 0 Å². The fourth-order valence-electron chi connectivity index (χ4n) is 2.54. The summed E-state index contributed by atoms with van der Waals surface area (Å²) in [6.45, 7) is 14.3. The van der Waals surface area contributed by atoms with Gasteiger partial charge >= 0.3 is 0 Å². The Bertz CT molecular complexity index is 171. The molecular weight excluding hydrogens is 216 g/mol. The van der Waals surface area contributed by atoms with E-state index in [1.165, 1.54) is 51.4 Å². The number of hydrogen-bond acceptors (Lipinski definition) is 0. The molecule has 0 heteroatoms.